The van der Waals surface area contributed by atoms with Crippen molar-refractivity contribution >= 4 is 5.91 Å². The second-order valence-electron chi connectivity index (χ2n) is 6.02. The van der Waals surface area contributed by atoms with Gasteiger partial charge in [0, 0.05) is 25.8 Å². The first-order valence-corrected chi connectivity index (χ1v) is 8.10. The third-order valence-corrected chi connectivity index (χ3v) is 3.81. The number of carbonyl (C=O) groups excluding carboxylic acids is 1. The van der Waals surface area contributed by atoms with Gasteiger partial charge in [-0.25, -0.2) is 4.98 Å². The van der Waals surface area contributed by atoms with Crippen LogP contribution in [0.5, 0.6) is 0 Å². The smallest absolute Gasteiger partial charge is 0.269 e. The van der Waals surface area contributed by atoms with Gasteiger partial charge in [-0.1, -0.05) is 0 Å². The number of aromatic nitrogens is 1. The molecule has 2 atom stereocenters. The Labute approximate surface area is 137 Å². The van der Waals surface area contributed by atoms with Crippen LogP contribution in [0.3, 0.4) is 0 Å². The molecule has 2 heterocycles. The Morgan fingerprint density at radius 1 is 1.39 bits per heavy atom. The van der Waals surface area contributed by atoms with E-state index in [1.807, 2.05) is 6.07 Å². The number of rotatable bonds is 6. The molecule has 0 aliphatic carbocycles. The number of nitrogens with one attached hydrogen (secondary N) is 1. The monoisotopic (exact) mass is 316 g/mol. The summed E-state index contributed by atoms with van der Waals surface area (Å²) < 4.78 is 5.72. The van der Waals surface area contributed by atoms with Crippen molar-refractivity contribution in [2.75, 3.05) is 26.2 Å². The molecule has 23 heavy (non-hydrogen) atoms. The van der Waals surface area contributed by atoms with Gasteiger partial charge in [0.25, 0.3) is 5.91 Å². The van der Waals surface area contributed by atoms with Gasteiger partial charge in [-0.05, 0) is 45.4 Å². The van der Waals surface area contributed by atoms with E-state index in [4.69, 9.17) is 10.00 Å². The van der Waals surface area contributed by atoms with Gasteiger partial charge in [0.05, 0.1) is 17.8 Å². The van der Waals surface area contributed by atoms with Gasteiger partial charge in [-0.2, -0.15) is 5.26 Å². The highest BCUT2D eigenvalue weighted by Gasteiger charge is 2.21. The fourth-order valence-corrected chi connectivity index (χ4v) is 2.81. The Morgan fingerprint density at radius 3 is 2.74 bits per heavy atom. The Kier molecular flexibility index (Phi) is 6.51. The lowest BCUT2D eigenvalue weighted by Gasteiger charge is -2.35. The Morgan fingerprint density at radius 2 is 2.13 bits per heavy atom. The lowest BCUT2D eigenvalue weighted by molar-refractivity contribution is -0.0681. The van der Waals surface area contributed by atoms with E-state index in [-0.39, 0.29) is 5.91 Å². The summed E-state index contributed by atoms with van der Waals surface area (Å²) in [5, 5.41) is 11.6. The molecule has 124 valence electrons. The summed E-state index contributed by atoms with van der Waals surface area (Å²) in [6.45, 7) is 7.83. The molecular weight excluding hydrogens is 292 g/mol. The molecule has 0 aromatic carbocycles. The van der Waals surface area contributed by atoms with E-state index in [0.29, 0.717) is 30.0 Å². The first-order chi connectivity index (χ1) is 11.1. The number of amides is 1. The first kappa shape index (κ1) is 17.4. The summed E-state index contributed by atoms with van der Waals surface area (Å²) in [5.74, 6) is -0.192. The van der Waals surface area contributed by atoms with Gasteiger partial charge in [-0.3, -0.25) is 9.69 Å². The zero-order chi connectivity index (χ0) is 16.7. The van der Waals surface area contributed by atoms with Crippen LogP contribution in [0, 0.1) is 11.3 Å². The fraction of sp³-hybridized carbons (Fsp3) is 0.588. The van der Waals surface area contributed by atoms with Crippen molar-refractivity contribution < 1.29 is 9.53 Å². The highest BCUT2D eigenvalue weighted by molar-refractivity contribution is 5.92. The summed E-state index contributed by atoms with van der Waals surface area (Å²) in [6, 6.07) is 5.16. The van der Waals surface area contributed by atoms with E-state index in [0.717, 1.165) is 32.5 Å². The number of morpholine rings is 1. The van der Waals surface area contributed by atoms with Crippen molar-refractivity contribution in [3.63, 3.8) is 0 Å². The van der Waals surface area contributed by atoms with E-state index in [1.165, 1.54) is 6.20 Å². The summed E-state index contributed by atoms with van der Waals surface area (Å²) in [6.07, 6.45) is 3.97. The average Bonchev–Trinajstić information content (AvgIpc) is 2.53. The van der Waals surface area contributed by atoms with Crippen LogP contribution in [0.2, 0.25) is 0 Å². The van der Waals surface area contributed by atoms with Crippen molar-refractivity contribution in [3.8, 4) is 6.07 Å². The van der Waals surface area contributed by atoms with Gasteiger partial charge in [0.2, 0.25) is 0 Å². The minimum Gasteiger partial charge on any atom is -0.373 e. The predicted octanol–water partition coefficient (Wildman–Crippen LogP) is 1.57. The number of carbonyl (C=O) groups is 1. The van der Waals surface area contributed by atoms with E-state index < -0.39 is 0 Å². The lowest BCUT2D eigenvalue weighted by Crippen LogP contribution is -2.45. The maximum Gasteiger partial charge on any atom is 0.269 e. The standard InChI is InChI=1S/C17H24N4O2/c1-13-11-21(12-14(2)23-13)8-4-3-7-19-17(22)16-6-5-15(9-18)10-20-16/h5-6,10,13-14H,3-4,7-8,11-12H2,1-2H3,(H,19,22)/t13-,14+. The molecule has 1 N–H and O–H groups in total. The van der Waals surface area contributed by atoms with Crippen LogP contribution in [-0.2, 0) is 4.74 Å². The number of ether oxygens (including phenoxy) is 1. The first-order valence-electron chi connectivity index (χ1n) is 8.10. The van der Waals surface area contributed by atoms with Gasteiger partial charge in [0.15, 0.2) is 0 Å². The zero-order valence-electron chi connectivity index (χ0n) is 13.8. The molecule has 0 bridgehead atoms. The molecule has 1 aliphatic heterocycles. The largest absolute Gasteiger partial charge is 0.373 e. The molecule has 1 aliphatic rings. The molecule has 1 aromatic rings. The van der Waals surface area contributed by atoms with Crippen molar-refractivity contribution in [1.29, 1.82) is 5.26 Å². The molecule has 0 saturated carbocycles. The number of hydrogen-bond acceptors (Lipinski definition) is 5. The maximum atomic E-state index is 11.9. The minimum absolute atomic E-state index is 0.192. The fourth-order valence-electron chi connectivity index (χ4n) is 2.81. The molecule has 0 unspecified atom stereocenters. The van der Waals surface area contributed by atoms with E-state index in [2.05, 4.69) is 29.0 Å². The van der Waals surface area contributed by atoms with E-state index in [1.54, 1.807) is 12.1 Å². The number of pyridine rings is 1. The molecular formula is C17H24N4O2. The summed E-state index contributed by atoms with van der Waals surface area (Å²) in [4.78, 5) is 18.3. The van der Waals surface area contributed by atoms with Crippen LogP contribution in [-0.4, -0.2) is 54.2 Å². The molecule has 1 fully saturated rings. The molecule has 6 heteroatoms. The molecule has 0 spiro atoms. The Balaban J connectivity index is 1.63. The van der Waals surface area contributed by atoms with E-state index >= 15 is 0 Å². The highest BCUT2D eigenvalue weighted by Crippen LogP contribution is 2.11. The van der Waals surface area contributed by atoms with Crippen LogP contribution >= 0.6 is 0 Å². The third-order valence-electron chi connectivity index (χ3n) is 3.81. The van der Waals surface area contributed by atoms with Gasteiger partial charge < -0.3 is 10.1 Å². The van der Waals surface area contributed by atoms with Gasteiger partial charge in [-0.15, -0.1) is 0 Å². The molecule has 1 amide bonds. The van der Waals surface area contributed by atoms with Crippen LogP contribution < -0.4 is 5.32 Å². The Hall–Kier alpha value is -1.97. The maximum absolute atomic E-state index is 11.9. The predicted molar refractivity (Wildman–Crippen MR) is 87.0 cm³/mol. The van der Waals surface area contributed by atoms with Crippen molar-refractivity contribution in [1.82, 2.24) is 15.2 Å². The zero-order valence-corrected chi connectivity index (χ0v) is 13.8. The normalized spacial score (nSPS) is 21.6. The van der Waals surface area contributed by atoms with Gasteiger partial charge >= 0.3 is 0 Å². The molecule has 0 radical (unpaired) electrons. The lowest BCUT2D eigenvalue weighted by atomic mass is 10.2. The number of hydrogen-bond donors (Lipinski definition) is 1. The molecule has 1 aromatic heterocycles. The van der Waals surface area contributed by atoms with Crippen LogP contribution in [0.1, 0.15) is 42.7 Å². The SMILES string of the molecule is C[C@@H]1CN(CCCCNC(=O)c2ccc(C#N)cn2)C[C@H](C)O1. The third kappa shape index (κ3) is 5.62. The van der Waals surface area contributed by atoms with Crippen molar-refractivity contribution in [2.24, 2.45) is 0 Å². The molecule has 6 nitrogen and oxygen atoms in total. The topological polar surface area (TPSA) is 78.3 Å². The molecule has 1 saturated heterocycles. The summed E-state index contributed by atoms with van der Waals surface area (Å²) in [7, 11) is 0. The molecule has 2 rings (SSSR count). The van der Waals surface area contributed by atoms with Crippen molar-refractivity contribution in [2.45, 2.75) is 38.9 Å². The number of nitriles is 1. The highest BCUT2D eigenvalue weighted by atomic mass is 16.5. The minimum atomic E-state index is -0.192. The summed E-state index contributed by atoms with van der Waals surface area (Å²) >= 11 is 0. The van der Waals surface area contributed by atoms with Crippen molar-refractivity contribution in [3.05, 3.63) is 29.6 Å². The Bertz CT molecular complexity index is 543. The van der Waals surface area contributed by atoms with E-state index in [9.17, 15) is 4.79 Å². The van der Waals surface area contributed by atoms with Crippen LogP contribution in [0.25, 0.3) is 0 Å². The average molecular weight is 316 g/mol. The summed E-state index contributed by atoms with van der Waals surface area (Å²) in [5.41, 5.74) is 0.801. The van der Waals surface area contributed by atoms with Gasteiger partial charge in [0.1, 0.15) is 11.8 Å². The van der Waals surface area contributed by atoms with Crippen LogP contribution in [0.15, 0.2) is 18.3 Å². The van der Waals surface area contributed by atoms with Crippen LogP contribution in [0.4, 0.5) is 0 Å². The quantitative estimate of drug-likeness (QED) is 0.806. The second kappa shape index (κ2) is 8.61. The number of unbranched alkanes of at least 4 members (excludes halogenated alkanes) is 1. The number of nitrogens with zero attached hydrogens (tertiary/aromatic N) is 3. The second-order valence-corrected chi connectivity index (χ2v) is 6.02.